The van der Waals surface area contributed by atoms with E-state index in [1.54, 1.807) is 0 Å². The van der Waals surface area contributed by atoms with Gasteiger partial charge in [0.2, 0.25) is 0 Å². The number of hydrogen-bond acceptors (Lipinski definition) is 4. The highest BCUT2D eigenvalue weighted by Crippen LogP contribution is 2.38. The van der Waals surface area contributed by atoms with E-state index in [0.717, 1.165) is 46.2 Å². The van der Waals surface area contributed by atoms with E-state index in [0.29, 0.717) is 13.2 Å². The minimum absolute atomic E-state index is 0.0581. The van der Waals surface area contributed by atoms with Crippen LogP contribution in [-0.4, -0.2) is 23.4 Å². The summed E-state index contributed by atoms with van der Waals surface area (Å²) in [5, 5.41) is 21.6. The maximum Gasteiger partial charge on any atom is 0.132 e. The zero-order chi connectivity index (χ0) is 23.0. The van der Waals surface area contributed by atoms with Gasteiger partial charge in [-0.2, -0.15) is 0 Å². The molecule has 0 fully saturated rings. The Bertz CT molecular complexity index is 706. The molecule has 0 atom stereocenters. The van der Waals surface area contributed by atoms with E-state index >= 15 is 0 Å². The van der Waals surface area contributed by atoms with Gasteiger partial charge in [-0.15, -0.1) is 0 Å². The Morgan fingerprint density at radius 3 is 1.28 bits per heavy atom. The van der Waals surface area contributed by atoms with E-state index in [9.17, 15) is 10.2 Å². The van der Waals surface area contributed by atoms with Gasteiger partial charge < -0.3 is 19.7 Å². The van der Waals surface area contributed by atoms with Crippen molar-refractivity contribution in [1.82, 2.24) is 0 Å². The van der Waals surface area contributed by atoms with E-state index in [1.165, 1.54) is 64.2 Å². The van der Waals surface area contributed by atoms with Gasteiger partial charge in [-0.25, -0.2) is 0 Å². The minimum Gasteiger partial charge on any atom is -0.493 e. The third-order valence-electron chi connectivity index (χ3n) is 6.09. The second-order valence-corrected chi connectivity index (χ2v) is 8.75. The summed E-state index contributed by atoms with van der Waals surface area (Å²) < 4.78 is 12.4. The van der Waals surface area contributed by atoms with Gasteiger partial charge in [0, 0.05) is 21.9 Å². The van der Waals surface area contributed by atoms with Gasteiger partial charge in [0.1, 0.15) is 11.5 Å². The predicted octanol–water partition coefficient (Wildman–Crippen LogP) is 7.30. The number of aliphatic hydroxyl groups is 2. The normalized spacial score (nSPS) is 11.2. The molecule has 0 aliphatic carbocycles. The average Bonchev–Trinajstić information content (AvgIpc) is 2.82. The van der Waals surface area contributed by atoms with Gasteiger partial charge in [0.05, 0.1) is 26.4 Å². The Hall–Kier alpha value is -1.78. The molecular formula is C28H44O4. The van der Waals surface area contributed by atoms with Gasteiger partial charge in [-0.05, 0) is 12.8 Å². The van der Waals surface area contributed by atoms with E-state index < -0.39 is 0 Å². The van der Waals surface area contributed by atoms with Crippen LogP contribution in [0.5, 0.6) is 11.5 Å². The summed E-state index contributed by atoms with van der Waals surface area (Å²) in [5.41, 5.74) is 1.59. The fourth-order valence-electron chi connectivity index (χ4n) is 4.14. The average molecular weight is 445 g/mol. The molecule has 0 unspecified atom stereocenters. The molecule has 0 aliphatic heterocycles. The molecule has 0 radical (unpaired) electrons. The van der Waals surface area contributed by atoms with Crippen molar-refractivity contribution in [2.45, 2.75) is 104 Å². The molecule has 2 N–H and O–H groups in total. The molecular weight excluding hydrogens is 400 g/mol. The fourth-order valence-corrected chi connectivity index (χ4v) is 4.14. The van der Waals surface area contributed by atoms with Crippen LogP contribution in [0.4, 0.5) is 0 Å². The summed E-state index contributed by atoms with van der Waals surface area (Å²) in [5.74, 6) is 1.49. The molecule has 0 heterocycles. The molecule has 2 aromatic carbocycles. The van der Waals surface area contributed by atoms with Gasteiger partial charge in [-0.3, -0.25) is 0 Å². The number of rotatable bonds is 18. The first-order chi connectivity index (χ1) is 15.8. The van der Waals surface area contributed by atoms with Crippen molar-refractivity contribution in [3.05, 3.63) is 35.4 Å². The molecule has 0 bridgehead atoms. The molecule has 2 aromatic rings. The highest BCUT2D eigenvalue weighted by Gasteiger charge is 2.15. The van der Waals surface area contributed by atoms with Crippen molar-refractivity contribution < 1.29 is 19.7 Å². The topological polar surface area (TPSA) is 58.9 Å². The molecule has 0 spiro atoms. The lowest BCUT2D eigenvalue weighted by molar-refractivity contribution is 0.259. The zero-order valence-electron chi connectivity index (χ0n) is 20.3. The van der Waals surface area contributed by atoms with Crippen LogP contribution in [0.3, 0.4) is 0 Å². The van der Waals surface area contributed by atoms with Crippen molar-refractivity contribution in [2.75, 3.05) is 13.2 Å². The monoisotopic (exact) mass is 444 g/mol. The van der Waals surface area contributed by atoms with Crippen LogP contribution in [0.25, 0.3) is 10.8 Å². The molecule has 4 heteroatoms. The Morgan fingerprint density at radius 2 is 0.906 bits per heavy atom. The lowest BCUT2D eigenvalue weighted by Gasteiger charge is -2.18. The SMILES string of the molecule is CCCCCCCCOc1c(CO)ccc2c(OCCCCCCCC)c(CO)ccc12. The molecule has 0 saturated carbocycles. The molecule has 32 heavy (non-hydrogen) atoms. The van der Waals surface area contributed by atoms with E-state index in [1.807, 2.05) is 24.3 Å². The van der Waals surface area contributed by atoms with Crippen LogP contribution in [0.1, 0.15) is 102 Å². The van der Waals surface area contributed by atoms with Crippen molar-refractivity contribution in [3.8, 4) is 11.5 Å². The van der Waals surface area contributed by atoms with Gasteiger partial charge >= 0.3 is 0 Å². The molecule has 4 nitrogen and oxygen atoms in total. The number of fused-ring (bicyclic) bond motifs is 1. The number of unbranched alkanes of at least 4 members (excludes halogenated alkanes) is 10. The van der Waals surface area contributed by atoms with Crippen LogP contribution in [0.2, 0.25) is 0 Å². The number of ether oxygens (including phenoxy) is 2. The Labute approximate surface area is 194 Å². The zero-order valence-corrected chi connectivity index (χ0v) is 20.3. The van der Waals surface area contributed by atoms with Gasteiger partial charge in [0.15, 0.2) is 0 Å². The first kappa shape index (κ1) is 26.5. The van der Waals surface area contributed by atoms with Gasteiger partial charge in [0.25, 0.3) is 0 Å². The van der Waals surface area contributed by atoms with Crippen molar-refractivity contribution in [3.63, 3.8) is 0 Å². The summed E-state index contributed by atoms with van der Waals surface area (Å²) in [6.07, 6.45) is 14.5. The lowest BCUT2D eigenvalue weighted by Crippen LogP contribution is -2.04. The first-order valence-corrected chi connectivity index (χ1v) is 12.8. The Balaban J connectivity index is 2.07. The minimum atomic E-state index is -0.0581. The standard InChI is InChI=1S/C28H44O4/c1-3-5-7-9-11-13-19-31-27-23(21-29)15-18-26-25(27)17-16-24(22-30)28(26)32-20-14-12-10-8-6-4-2/h15-18,29-30H,3-14,19-22H2,1-2H3. The Morgan fingerprint density at radius 1 is 0.531 bits per heavy atom. The highest BCUT2D eigenvalue weighted by molar-refractivity contribution is 5.95. The summed E-state index contributed by atoms with van der Waals surface area (Å²) in [7, 11) is 0. The lowest BCUT2D eigenvalue weighted by atomic mass is 10.0. The van der Waals surface area contributed by atoms with Crippen LogP contribution in [0.15, 0.2) is 24.3 Å². The Kier molecular flexibility index (Phi) is 13.2. The number of hydrogen-bond donors (Lipinski definition) is 2. The third kappa shape index (κ3) is 8.29. The quantitative estimate of drug-likeness (QED) is 0.237. The second-order valence-electron chi connectivity index (χ2n) is 8.75. The fraction of sp³-hybridized carbons (Fsp3) is 0.643. The number of aliphatic hydroxyl groups excluding tert-OH is 2. The summed E-state index contributed by atoms with van der Waals surface area (Å²) in [6, 6.07) is 7.79. The largest absolute Gasteiger partial charge is 0.493 e. The number of benzene rings is 2. The van der Waals surface area contributed by atoms with Crippen molar-refractivity contribution >= 4 is 10.8 Å². The van der Waals surface area contributed by atoms with E-state index in [4.69, 9.17) is 9.47 Å². The summed E-state index contributed by atoms with van der Waals surface area (Å²) in [6.45, 7) is 5.64. The van der Waals surface area contributed by atoms with E-state index in [-0.39, 0.29) is 13.2 Å². The summed E-state index contributed by atoms with van der Waals surface area (Å²) >= 11 is 0. The van der Waals surface area contributed by atoms with Crippen molar-refractivity contribution in [2.24, 2.45) is 0 Å². The highest BCUT2D eigenvalue weighted by atomic mass is 16.5. The van der Waals surface area contributed by atoms with E-state index in [2.05, 4.69) is 13.8 Å². The predicted molar refractivity (Wildman–Crippen MR) is 134 cm³/mol. The third-order valence-corrected chi connectivity index (χ3v) is 6.09. The van der Waals surface area contributed by atoms with Crippen LogP contribution >= 0.6 is 0 Å². The molecule has 0 saturated heterocycles. The van der Waals surface area contributed by atoms with Crippen LogP contribution < -0.4 is 9.47 Å². The van der Waals surface area contributed by atoms with Crippen LogP contribution in [-0.2, 0) is 13.2 Å². The van der Waals surface area contributed by atoms with Crippen molar-refractivity contribution in [1.29, 1.82) is 0 Å². The van der Waals surface area contributed by atoms with Crippen LogP contribution in [0, 0.1) is 0 Å². The van der Waals surface area contributed by atoms with Gasteiger partial charge in [-0.1, -0.05) is 102 Å². The molecule has 2 rings (SSSR count). The maximum atomic E-state index is 9.86. The maximum absolute atomic E-state index is 9.86. The molecule has 180 valence electrons. The first-order valence-electron chi connectivity index (χ1n) is 12.8. The summed E-state index contributed by atoms with van der Waals surface area (Å²) in [4.78, 5) is 0. The second kappa shape index (κ2) is 15.9. The molecule has 0 amide bonds. The smallest absolute Gasteiger partial charge is 0.132 e. The molecule has 0 aromatic heterocycles. The molecule has 0 aliphatic rings.